The van der Waals surface area contributed by atoms with E-state index in [1.165, 1.54) is 30.6 Å². The molecule has 0 saturated heterocycles. The minimum absolute atomic E-state index is 0.0631. The van der Waals surface area contributed by atoms with Gasteiger partial charge >= 0.3 is 0 Å². The van der Waals surface area contributed by atoms with Crippen LogP contribution in [0.25, 0.3) is 10.2 Å². The maximum Gasteiger partial charge on any atom is 0.263 e. The lowest BCUT2D eigenvalue weighted by molar-refractivity contribution is 0.0944. The molecule has 1 aliphatic carbocycles. The number of hydrogen-bond acceptors (Lipinski definition) is 4. The van der Waals surface area contributed by atoms with Crippen molar-refractivity contribution in [3.05, 3.63) is 22.7 Å². The van der Waals surface area contributed by atoms with Crippen molar-refractivity contribution in [2.45, 2.75) is 26.2 Å². The Labute approximate surface area is 116 Å². The molecule has 5 heteroatoms. The third-order valence-corrected chi connectivity index (χ3v) is 4.93. The van der Waals surface area contributed by atoms with Gasteiger partial charge in [-0.15, -0.1) is 11.3 Å². The zero-order valence-electron chi connectivity index (χ0n) is 10.9. The Balaban J connectivity index is 1.85. The molecule has 1 fully saturated rings. The van der Waals surface area contributed by atoms with Crippen LogP contribution in [-0.2, 0) is 0 Å². The van der Waals surface area contributed by atoms with Gasteiger partial charge in [0.05, 0.1) is 5.69 Å². The van der Waals surface area contributed by atoms with Crippen molar-refractivity contribution in [2.24, 2.45) is 5.92 Å². The second-order valence-corrected chi connectivity index (χ2v) is 6.16. The number of nitrogens with one attached hydrogen (secondary N) is 1. The Morgan fingerprint density at radius 3 is 3.00 bits per heavy atom. The smallest absolute Gasteiger partial charge is 0.263 e. The minimum Gasteiger partial charge on any atom is -0.397 e. The standard InChI is InChI=1S/C14H17N3OS/c1-8-5-6-16-14-10(8)11(15)12(19-14)13(18)17-7-9-3-2-4-9/h5-6,9H,2-4,7,15H2,1H3,(H,17,18). The van der Waals surface area contributed by atoms with E-state index in [1.807, 2.05) is 13.0 Å². The van der Waals surface area contributed by atoms with Crippen molar-refractivity contribution >= 4 is 33.1 Å². The molecule has 3 rings (SSSR count). The van der Waals surface area contributed by atoms with Gasteiger partial charge in [0.25, 0.3) is 5.91 Å². The van der Waals surface area contributed by atoms with Crippen LogP contribution in [0.5, 0.6) is 0 Å². The number of carbonyl (C=O) groups is 1. The molecule has 1 aliphatic rings. The maximum absolute atomic E-state index is 12.2. The summed E-state index contributed by atoms with van der Waals surface area (Å²) in [6, 6.07) is 1.92. The molecular formula is C14H17N3OS. The molecule has 3 N–H and O–H groups in total. The van der Waals surface area contributed by atoms with Gasteiger partial charge in [0.1, 0.15) is 9.71 Å². The Morgan fingerprint density at radius 1 is 1.58 bits per heavy atom. The van der Waals surface area contributed by atoms with Gasteiger partial charge < -0.3 is 11.1 Å². The zero-order chi connectivity index (χ0) is 13.4. The van der Waals surface area contributed by atoms with Gasteiger partial charge in [-0.3, -0.25) is 4.79 Å². The molecule has 0 spiro atoms. The molecule has 0 aromatic carbocycles. The first-order chi connectivity index (χ1) is 9.16. The summed E-state index contributed by atoms with van der Waals surface area (Å²) in [5.74, 6) is 0.589. The van der Waals surface area contributed by atoms with Crippen LogP contribution in [0.4, 0.5) is 5.69 Å². The lowest BCUT2D eigenvalue weighted by Crippen LogP contribution is -2.32. The quantitative estimate of drug-likeness (QED) is 0.905. The fourth-order valence-electron chi connectivity index (χ4n) is 2.39. The van der Waals surface area contributed by atoms with E-state index in [0.29, 0.717) is 16.5 Å². The lowest BCUT2D eigenvalue weighted by Gasteiger charge is -2.25. The van der Waals surface area contributed by atoms with Crippen LogP contribution in [0.1, 0.15) is 34.5 Å². The normalized spacial score (nSPS) is 15.4. The van der Waals surface area contributed by atoms with Crippen LogP contribution in [0.3, 0.4) is 0 Å². The predicted octanol–water partition coefficient (Wildman–Crippen LogP) is 2.72. The molecule has 100 valence electrons. The number of nitrogens with zero attached hydrogens (tertiary/aromatic N) is 1. The monoisotopic (exact) mass is 275 g/mol. The van der Waals surface area contributed by atoms with Crippen LogP contribution >= 0.6 is 11.3 Å². The van der Waals surface area contributed by atoms with E-state index < -0.39 is 0 Å². The molecule has 0 aliphatic heterocycles. The molecule has 2 heterocycles. The van der Waals surface area contributed by atoms with Crippen LogP contribution in [0.15, 0.2) is 12.3 Å². The molecule has 1 amide bonds. The number of hydrogen-bond donors (Lipinski definition) is 2. The number of rotatable bonds is 3. The first kappa shape index (κ1) is 12.4. The zero-order valence-corrected chi connectivity index (χ0v) is 11.7. The summed E-state index contributed by atoms with van der Waals surface area (Å²) in [5.41, 5.74) is 7.74. The van der Waals surface area contributed by atoms with Crippen LogP contribution in [0, 0.1) is 12.8 Å². The van der Waals surface area contributed by atoms with E-state index in [-0.39, 0.29) is 5.91 Å². The number of amides is 1. The van der Waals surface area contributed by atoms with Gasteiger partial charge in [0.2, 0.25) is 0 Å². The first-order valence-electron chi connectivity index (χ1n) is 6.58. The molecule has 2 aromatic rings. The highest BCUT2D eigenvalue weighted by atomic mass is 32.1. The Morgan fingerprint density at radius 2 is 2.37 bits per heavy atom. The van der Waals surface area contributed by atoms with E-state index in [1.54, 1.807) is 6.20 Å². The van der Waals surface area contributed by atoms with Crippen molar-refractivity contribution in [2.75, 3.05) is 12.3 Å². The van der Waals surface area contributed by atoms with Crippen molar-refractivity contribution in [3.63, 3.8) is 0 Å². The fourth-order valence-corrected chi connectivity index (χ4v) is 3.44. The van der Waals surface area contributed by atoms with Crippen LogP contribution in [-0.4, -0.2) is 17.4 Å². The third-order valence-electron chi connectivity index (χ3n) is 3.82. The van der Waals surface area contributed by atoms with Crippen molar-refractivity contribution in [3.8, 4) is 0 Å². The van der Waals surface area contributed by atoms with Gasteiger partial charge in [-0.1, -0.05) is 6.42 Å². The number of fused-ring (bicyclic) bond motifs is 1. The molecule has 0 radical (unpaired) electrons. The van der Waals surface area contributed by atoms with Gasteiger partial charge in [-0.2, -0.15) is 0 Å². The number of nitrogen functional groups attached to an aromatic ring is 1. The molecule has 0 bridgehead atoms. The highest BCUT2D eigenvalue weighted by molar-refractivity contribution is 7.21. The second-order valence-electron chi connectivity index (χ2n) is 5.16. The Bertz CT molecular complexity index is 631. The number of aromatic nitrogens is 1. The minimum atomic E-state index is -0.0631. The number of anilines is 1. The van der Waals surface area contributed by atoms with Crippen molar-refractivity contribution in [1.82, 2.24) is 10.3 Å². The van der Waals surface area contributed by atoms with Gasteiger partial charge in [0, 0.05) is 18.1 Å². The number of thiophene rings is 1. The summed E-state index contributed by atoms with van der Waals surface area (Å²) < 4.78 is 0. The highest BCUT2D eigenvalue weighted by Crippen LogP contribution is 2.34. The summed E-state index contributed by atoms with van der Waals surface area (Å²) in [4.78, 5) is 17.9. The van der Waals surface area contributed by atoms with Crippen molar-refractivity contribution in [1.29, 1.82) is 0 Å². The van der Waals surface area contributed by atoms with E-state index in [9.17, 15) is 4.79 Å². The molecular weight excluding hydrogens is 258 g/mol. The van der Waals surface area contributed by atoms with Gasteiger partial charge in [-0.25, -0.2) is 4.98 Å². The van der Waals surface area contributed by atoms with E-state index in [0.717, 1.165) is 22.3 Å². The molecule has 4 nitrogen and oxygen atoms in total. The average Bonchev–Trinajstić information content (AvgIpc) is 2.66. The predicted molar refractivity (Wildman–Crippen MR) is 78.4 cm³/mol. The average molecular weight is 275 g/mol. The largest absolute Gasteiger partial charge is 0.397 e. The Hall–Kier alpha value is -1.62. The number of aryl methyl sites for hydroxylation is 1. The van der Waals surface area contributed by atoms with Crippen molar-refractivity contribution < 1.29 is 4.79 Å². The van der Waals surface area contributed by atoms with Gasteiger partial charge in [-0.05, 0) is 37.3 Å². The highest BCUT2D eigenvalue weighted by Gasteiger charge is 2.21. The number of nitrogens with two attached hydrogens (primary N) is 1. The molecule has 19 heavy (non-hydrogen) atoms. The summed E-state index contributed by atoms with van der Waals surface area (Å²) >= 11 is 1.38. The molecule has 2 aromatic heterocycles. The Kier molecular flexibility index (Phi) is 3.14. The maximum atomic E-state index is 12.2. The summed E-state index contributed by atoms with van der Waals surface area (Å²) in [7, 11) is 0. The number of pyridine rings is 1. The summed E-state index contributed by atoms with van der Waals surface area (Å²) in [5, 5.41) is 3.90. The lowest BCUT2D eigenvalue weighted by atomic mass is 9.85. The molecule has 1 saturated carbocycles. The van der Waals surface area contributed by atoms with Crippen LogP contribution < -0.4 is 11.1 Å². The molecule has 0 unspecified atom stereocenters. The fraction of sp³-hybridized carbons (Fsp3) is 0.429. The van der Waals surface area contributed by atoms with E-state index in [2.05, 4.69) is 10.3 Å². The van der Waals surface area contributed by atoms with E-state index in [4.69, 9.17) is 5.73 Å². The van der Waals surface area contributed by atoms with Crippen LogP contribution in [0.2, 0.25) is 0 Å². The molecule has 0 atom stereocenters. The topological polar surface area (TPSA) is 68.0 Å². The first-order valence-corrected chi connectivity index (χ1v) is 7.40. The van der Waals surface area contributed by atoms with E-state index >= 15 is 0 Å². The number of carbonyl (C=O) groups excluding carboxylic acids is 1. The third kappa shape index (κ3) is 2.18. The second kappa shape index (κ2) is 4.81. The summed E-state index contributed by atoms with van der Waals surface area (Å²) in [6.45, 7) is 2.75. The van der Waals surface area contributed by atoms with Gasteiger partial charge in [0.15, 0.2) is 0 Å². The SMILES string of the molecule is Cc1ccnc2sc(C(=O)NCC3CCC3)c(N)c12. The summed E-state index contributed by atoms with van der Waals surface area (Å²) in [6.07, 6.45) is 5.49.